The van der Waals surface area contributed by atoms with E-state index >= 15 is 0 Å². The molecule has 0 aromatic heterocycles. The van der Waals surface area contributed by atoms with Crippen LogP contribution in [0.2, 0.25) is 0 Å². The second-order valence-corrected chi connectivity index (χ2v) is 6.12. The number of hydrogen-bond acceptors (Lipinski definition) is 4. The summed E-state index contributed by atoms with van der Waals surface area (Å²) in [4.78, 5) is 0. The molecule has 2 fully saturated rings. The second kappa shape index (κ2) is 5.84. The lowest BCUT2D eigenvalue weighted by Crippen LogP contribution is -2.06. The van der Waals surface area contributed by atoms with Crippen molar-refractivity contribution >= 4 is 21.0 Å². The number of ether oxygens (including phenoxy) is 3. The molecule has 72 valence electrons. The molecule has 0 N–H and O–H groups in total. The van der Waals surface area contributed by atoms with E-state index in [9.17, 15) is 0 Å². The van der Waals surface area contributed by atoms with E-state index in [2.05, 4.69) is 4.12 Å². The van der Waals surface area contributed by atoms with Gasteiger partial charge in [0.05, 0.1) is 26.4 Å². The van der Waals surface area contributed by atoms with Gasteiger partial charge in [0.2, 0.25) is 0 Å². The molecule has 0 saturated carbocycles. The molecule has 2 unspecified atom stereocenters. The minimum Gasteiger partial charge on any atom is -0.471 e. The van der Waals surface area contributed by atoms with Gasteiger partial charge in [0.15, 0.2) is 0 Å². The van der Waals surface area contributed by atoms with Gasteiger partial charge in [0.1, 0.15) is 33.2 Å². The molecule has 0 amide bonds. The summed E-state index contributed by atoms with van der Waals surface area (Å²) in [5.74, 6) is 0. The predicted octanol–water partition coefficient (Wildman–Crippen LogP) is -2.64. The molecule has 0 aromatic carbocycles. The zero-order chi connectivity index (χ0) is 8.81. The van der Waals surface area contributed by atoms with Crippen LogP contribution in [0, 0.1) is 0 Å². The van der Waals surface area contributed by atoms with E-state index in [1.807, 2.05) is 0 Å². The van der Waals surface area contributed by atoms with Crippen molar-refractivity contribution in [3.8, 4) is 0 Å². The summed E-state index contributed by atoms with van der Waals surface area (Å²) >= 11 is 0. The van der Waals surface area contributed by atoms with Crippen LogP contribution in [0.1, 0.15) is 0 Å². The average Bonchev–Trinajstić information content (AvgIpc) is 2.82. The highest BCUT2D eigenvalue weighted by Crippen LogP contribution is 2.12. The Morgan fingerprint density at radius 2 is 1.42 bits per heavy atom. The quantitative estimate of drug-likeness (QED) is 0.374. The minimum absolute atomic E-state index is 0.392. The SMILES string of the molecule is C(OCC1CO1)C1CO1.[SiH3]O[SiH3]. The van der Waals surface area contributed by atoms with Gasteiger partial charge in [-0.25, -0.2) is 0 Å². The van der Waals surface area contributed by atoms with Gasteiger partial charge in [-0.1, -0.05) is 0 Å². The van der Waals surface area contributed by atoms with E-state index in [1.54, 1.807) is 0 Å². The number of hydrogen-bond donors (Lipinski definition) is 0. The Bertz CT molecular complexity index is 104. The fourth-order valence-corrected chi connectivity index (χ4v) is 0.659. The topological polar surface area (TPSA) is 43.5 Å². The third kappa shape index (κ3) is 5.87. The highest BCUT2D eigenvalue weighted by atomic mass is 28.3. The Balaban J connectivity index is 0.000000213. The molecule has 2 atom stereocenters. The van der Waals surface area contributed by atoms with Crippen LogP contribution in [0.5, 0.6) is 0 Å². The van der Waals surface area contributed by atoms with E-state index < -0.39 is 0 Å². The molecule has 2 aliphatic rings. The van der Waals surface area contributed by atoms with Crippen LogP contribution in [-0.4, -0.2) is 59.6 Å². The molecule has 6 heteroatoms. The van der Waals surface area contributed by atoms with E-state index in [-0.39, 0.29) is 0 Å². The van der Waals surface area contributed by atoms with E-state index in [0.29, 0.717) is 12.2 Å². The smallest absolute Gasteiger partial charge is 0.129 e. The second-order valence-electron chi connectivity index (χ2n) is 2.86. The fourth-order valence-electron chi connectivity index (χ4n) is 0.659. The average molecular weight is 208 g/mol. The maximum Gasteiger partial charge on any atom is 0.129 e. The van der Waals surface area contributed by atoms with Crippen LogP contribution in [-0.2, 0) is 18.3 Å². The fraction of sp³-hybridized carbons (Fsp3) is 1.00. The Morgan fingerprint density at radius 3 is 1.67 bits per heavy atom. The summed E-state index contributed by atoms with van der Waals surface area (Å²) in [6.07, 6.45) is 0.785. The van der Waals surface area contributed by atoms with E-state index in [4.69, 9.17) is 14.2 Å². The standard InChI is InChI=1S/C6H10O3.H6OSi2/c1(5-3-8-5)7-2-6-4-9-6;2-1-3/h5-6H,1-4H2;2-3H3. The van der Waals surface area contributed by atoms with Crippen LogP contribution in [0.15, 0.2) is 0 Å². The molecule has 2 heterocycles. The maximum absolute atomic E-state index is 5.23. The van der Waals surface area contributed by atoms with Crippen LogP contribution in [0.25, 0.3) is 0 Å². The Kier molecular flexibility index (Phi) is 5.04. The molecule has 0 aromatic rings. The largest absolute Gasteiger partial charge is 0.471 e. The van der Waals surface area contributed by atoms with Crippen molar-refractivity contribution < 1.29 is 18.3 Å². The molecule has 2 aliphatic heterocycles. The summed E-state index contributed by atoms with van der Waals surface area (Å²) in [5.41, 5.74) is 0. The predicted molar refractivity (Wildman–Crippen MR) is 51.3 cm³/mol. The first-order valence-electron chi connectivity index (χ1n) is 4.08. The van der Waals surface area contributed by atoms with Crippen molar-refractivity contribution in [1.29, 1.82) is 0 Å². The third-order valence-electron chi connectivity index (χ3n) is 1.41. The van der Waals surface area contributed by atoms with Crippen LogP contribution in [0.4, 0.5) is 0 Å². The molecule has 0 radical (unpaired) electrons. The lowest BCUT2D eigenvalue weighted by Gasteiger charge is -1.95. The van der Waals surface area contributed by atoms with Crippen molar-refractivity contribution in [2.75, 3.05) is 26.4 Å². The highest BCUT2D eigenvalue weighted by molar-refractivity contribution is 6.15. The molecule has 2 rings (SSSR count). The number of rotatable bonds is 4. The highest BCUT2D eigenvalue weighted by Gasteiger charge is 2.26. The van der Waals surface area contributed by atoms with Gasteiger partial charge in [-0.2, -0.15) is 0 Å². The van der Waals surface area contributed by atoms with Crippen molar-refractivity contribution in [3.05, 3.63) is 0 Å². The first-order chi connectivity index (χ1) is 5.86. The number of epoxide rings is 2. The molecule has 12 heavy (non-hydrogen) atoms. The Labute approximate surface area is 78.6 Å². The summed E-state index contributed by atoms with van der Waals surface area (Å²) in [6, 6.07) is 0. The molecule has 0 bridgehead atoms. The van der Waals surface area contributed by atoms with Crippen molar-refractivity contribution in [1.82, 2.24) is 0 Å². The van der Waals surface area contributed by atoms with Crippen molar-refractivity contribution in [3.63, 3.8) is 0 Å². The summed E-state index contributed by atoms with van der Waals surface area (Å²) in [7, 11) is 1.86. The molecule has 2 saturated heterocycles. The Morgan fingerprint density at radius 1 is 1.08 bits per heavy atom. The first kappa shape index (κ1) is 10.4. The van der Waals surface area contributed by atoms with E-state index in [1.165, 1.54) is 0 Å². The summed E-state index contributed by atoms with van der Waals surface area (Å²) < 4.78 is 19.6. The van der Waals surface area contributed by atoms with Gasteiger partial charge >= 0.3 is 0 Å². The zero-order valence-electron chi connectivity index (χ0n) is 7.62. The van der Waals surface area contributed by atoms with Crippen LogP contribution < -0.4 is 0 Å². The lowest BCUT2D eigenvalue weighted by atomic mass is 10.5. The molecule has 0 spiro atoms. The Hall–Kier alpha value is 0.274. The van der Waals surface area contributed by atoms with Gasteiger partial charge in [0.25, 0.3) is 0 Å². The third-order valence-corrected chi connectivity index (χ3v) is 1.41. The molecular weight excluding hydrogens is 192 g/mol. The molecule has 4 nitrogen and oxygen atoms in total. The van der Waals surface area contributed by atoms with Crippen molar-refractivity contribution in [2.24, 2.45) is 0 Å². The normalized spacial score (nSPS) is 31.0. The summed E-state index contributed by atoms with van der Waals surface area (Å²) in [5, 5.41) is 0. The maximum atomic E-state index is 5.23. The van der Waals surface area contributed by atoms with Gasteiger partial charge in [-0.15, -0.1) is 0 Å². The summed E-state index contributed by atoms with van der Waals surface area (Å²) in [6.45, 7) is 3.26. The molecule has 0 aliphatic carbocycles. The van der Waals surface area contributed by atoms with Crippen LogP contribution >= 0.6 is 0 Å². The van der Waals surface area contributed by atoms with Gasteiger partial charge in [0, 0.05) is 0 Å². The van der Waals surface area contributed by atoms with Gasteiger partial charge in [-0.05, 0) is 0 Å². The lowest BCUT2D eigenvalue weighted by molar-refractivity contribution is 0.102. The minimum atomic E-state index is 0.392. The van der Waals surface area contributed by atoms with Crippen LogP contribution in [0.3, 0.4) is 0 Å². The van der Waals surface area contributed by atoms with Gasteiger partial charge in [-0.3, -0.25) is 0 Å². The van der Waals surface area contributed by atoms with Gasteiger partial charge < -0.3 is 18.3 Å². The van der Waals surface area contributed by atoms with E-state index in [0.717, 1.165) is 47.4 Å². The monoisotopic (exact) mass is 208 g/mol. The first-order valence-corrected chi connectivity index (χ1v) is 5.71. The molecular formula is C6H16O4Si2. The van der Waals surface area contributed by atoms with Crippen molar-refractivity contribution in [2.45, 2.75) is 12.2 Å². The zero-order valence-corrected chi connectivity index (χ0v) is 11.6.